The highest BCUT2D eigenvalue weighted by Crippen LogP contribution is 2.14. The lowest BCUT2D eigenvalue weighted by Crippen LogP contribution is -2.09. The maximum atomic E-state index is 8.54. The predicted molar refractivity (Wildman–Crippen MR) is 47.7 cm³/mol. The number of nitrogen functional groups attached to an aromatic ring is 1. The van der Waals surface area contributed by atoms with Crippen molar-refractivity contribution in [3.8, 4) is 0 Å². The van der Waals surface area contributed by atoms with E-state index in [0.29, 0.717) is 11.6 Å². The van der Waals surface area contributed by atoms with Gasteiger partial charge in [-0.15, -0.1) is 11.8 Å². The number of hydrazine groups is 1. The summed E-state index contributed by atoms with van der Waals surface area (Å²) in [5, 5.41) is 9.29. The van der Waals surface area contributed by atoms with Crippen LogP contribution in [-0.4, -0.2) is 27.4 Å². The molecule has 0 unspecified atom stereocenters. The van der Waals surface area contributed by atoms with Crippen LogP contribution in [0.4, 0.5) is 5.82 Å². The van der Waals surface area contributed by atoms with Crippen molar-refractivity contribution < 1.29 is 5.11 Å². The molecule has 1 aromatic heterocycles. The molecule has 0 amide bonds. The van der Waals surface area contributed by atoms with Gasteiger partial charge in [-0.2, -0.15) is 0 Å². The monoisotopic (exact) mass is 186 g/mol. The van der Waals surface area contributed by atoms with Gasteiger partial charge in [-0.1, -0.05) is 0 Å². The largest absolute Gasteiger partial charge is 0.396 e. The number of aliphatic hydroxyl groups excluding tert-OH is 1. The Balaban J connectivity index is 2.60. The van der Waals surface area contributed by atoms with E-state index in [2.05, 4.69) is 15.4 Å². The Hall–Kier alpha value is -0.850. The minimum atomic E-state index is 0.132. The van der Waals surface area contributed by atoms with Gasteiger partial charge in [-0.05, 0) is 0 Å². The molecule has 5 nitrogen and oxygen atoms in total. The van der Waals surface area contributed by atoms with Crippen LogP contribution in [0.25, 0.3) is 0 Å². The zero-order valence-electron chi connectivity index (χ0n) is 6.40. The van der Waals surface area contributed by atoms with Crippen LogP contribution in [0.5, 0.6) is 0 Å². The summed E-state index contributed by atoms with van der Waals surface area (Å²) in [6, 6.07) is 0. The molecule has 1 aromatic rings. The molecule has 66 valence electrons. The maximum Gasteiger partial charge on any atom is 0.159 e. The van der Waals surface area contributed by atoms with Crippen molar-refractivity contribution in [1.82, 2.24) is 9.97 Å². The Labute approximate surface area is 74.4 Å². The Morgan fingerprint density at radius 3 is 3.08 bits per heavy atom. The fourth-order valence-electron chi connectivity index (χ4n) is 0.637. The quantitative estimate of drug-likeness (QED) is 0.344. The standard InChI is InChI=1S/C6H10N4OS/c7-10-5-3-8-4-6(9-5)12-2-1-11/h3-4,11H,1-2,7H2,(H,9,10). The molecular formula is C6H10N4OS. The Morgan fingerprint density at radius 1 is 1.58 bits per heavy atom. The van der Waals surface area contributed by atoms with Crippen LogP contribution in [0.15, 0.2) is 17.4 Å². The number of nitrogens with one attached hydrogen (secondary N) is 1. The summed E-state index contributed by atoms with van der Waals surface area (Å²) in [6.07, 6.45) is 3.16. The van der Waals surface area contributed by atoms with E-state index in [1.54, 1.807) is 6.20 Å². The number of hydrogen-bond acceptors (Lipinski definition) is 6. The molecule has 4 N–H and O–H groups in total. The smallest absolute Gasteiger partial charge is 0.159 e. The van der Waals surface area contributed by atoms with Crippen molar-refractivity contribution >= 4 is 17.6 Å². The Morgan fingerprint density at radius 2 is 2.42 bits per heavy atom. The van der Waals surface area contributed by atoms with E-state index in [4.69, 9.17) is 10.9 Å². The Kier molecular flexibility index (Phi) is 3.78. The first kappa shape index (κ1) is 9.24. The molecule has 0 spiro atoms. The molecule has 0 bridgehead atoms. The number of aliphatic hydroxyl groups is 1. The zero-order valence-corrected chi connectivity index (χ0v) is 7.21. The second kappa shape index (κ2) is 4.91. The first-order chi connectivity index (χ1) is 5.86. The van der Waals surface area contributed by atoms with E-state index in [1.165, 1.54) is 18.0 Å². The van der Waals surface area contributed by atoms with Crippen LogP contribution in [0.1, 0.15) is 0 Å². The topological polar surface area (TPSA) is 84.1 Å². The van der Waals surface area contributed by atoms with Gasteiger partial charge in [-0.3, -0.25) is 4.98 Å². The molecule has 0 fully saturated rings. The lowest BCUT2D eigenvalue weighted by molar-refractivity contribution is 0.322. The van der Waals surface area contributed by atoms with Gasteiger partial charge in [0, 0.05) is 5.75 Å². The third kappa shape index (κ3) is 2.65. The molecule has 0 aromatic carbocycles. The highest BCUT2D eigenvalue weighted by atomic mass is 32.2. The molecule has 0 saturated heterocycles. The number of nitrogens with two attached hydrogens (primary N) is 1. The first-order valence-corrected chi connectivity index (χ1v) is 4.37. The second-order valence-corrected chi connectivity index (χ2v) is 3.07. The van der Waals surface area contributed by atoms with Gasteiger partial charge in [0.2, 0.25) is 0 Å². The number of thioether (sulfide) groups is 1. The summed E-state index contributed by atoms with van der Waals surface area (Å²) < 4.78 is 0. The van der Waals surface area contributed by atoms with Crippen LogP contribution >= 0.6 is 11.8 Å². The molecule has 0 atom stereocenters. The van der Waals surface area contributed by atoms with Crippen LogP contribution in [0.2, 0.25) is 0 Å². The van der Waals surface area contributed by atoms with E-state index in [9.17, 15) is 0 Å². The zero-order chi connectivity index (χ0) is 8.81. The minimum Gasteiger partial charge on any atom is -0.396 e. The number of rotatable bonds is 4. The normalized spacial score (nSPS) is 9.83. The van der Waals surface area contributed by atoms with Gasteiger partial charge in [0.1, 0.15) is 5.03 Å². The lowest BCUT2D eigenvalue weighted by Gasteiger charge is -2.00. The average Bonchev–Trinajstić information content (AvgIpc) is 2.15. The summed E-state index contributed by atoms with van der Waals surface area (Å²) in [4.78, 5) is 7.98. The number of aromatic nitrogens is 2. The average molecular weight is 186 g/mol. The van der Waals surface area contributed by atoms with Crippen molar-refractivity contribution in [2.45, 2.75) is 5.03 Å². The van der Waals surface area contributed by atoms with Crippen molar-refractivity contribution in [3.05, 3.63) is 12.4 Å². The molecule has 0 aliphatic rings. The van der Waals surface area contributed by atoms with Crippen molar-refractivity contribution in [1.29, 1.82) is 0 Å². The van der Waals surface area contributed by atoms with E-state index in [1.807, 2.05) is 0 Å². The first-order valence-electron chi connectivity index (χ1n) is 3.39. The van der Waals surface area contributed by atoms with Crippen LogP contribution in [-0.2, 0) is 0 Å². The molecule has 1 rings (SSSR count). The van der Waals surface area contributed by atoms with Crippen molar-refractivity contribution in [2.24, 2.45) is 5.84 Å². The highest BCUT2D eigenvalue weighted by molar-refractivity contribution is 7.99. The highest BCUT2D eigenvalue weighted by Gasteiger charge is 1.96. The minimum absolute atomic E-state index is 0.132. The number of anilines is 1. The lowest BCUT2D eigenvalue weighted by atomic mass is 10.7. The SMILES string of the molecule is NNc1cncc(SCCO)n1. The summed E-state index contributed by atoms with van der Waals surface area (Å²) in [5.41, 5.74) is 2.39. The molecule has 6 heteroatoms. The molecular weight excluding hydrogens is 176 g/mol. The van der Waals surface area contributed by atoms with Crippen LogP contribution in [0.3, 0.4) is 0 Å². The summed E-state index contributed by atoms with van der Waals surface area (Å²) in [6.45, 7) is 0.132. The third-order valence-corrected chi connectivity index (χ3v) is 1.98. The maximum absolute atomic E-state index is 8.54. The van der Waals surface area contributed by atoms with Crippen LogP contribution in [0, 0.1) is 0 Å². The summed E-state index contributed by atoms with van der Waals surface area (Å²) in [7, 11) is 0. The number of hydrogen-bond donors (Lipinski definition) is 3. The van der Waals surface area contributed by atoms with Crippen molar-refractivity contribution in [3.63, 3.8) is 0 Å². The van der Waals surface area contributed by atoms with Gasteiger partial charge in [-0.25, -0.2) is 10.8 Å². The van der Waals surface area contributed by atoms with Gasteiger partial charge < -0.3 is 10.5 Å². The number of nitrogens with zero attached hydrogens (tertiary/aromatic N) is 2. The van der Waals surface area contributed by atoms with E-state index in [-0.39, 0.29) is 6.61 Å². The van der Waals surface area contributed by atoms with Gasteiger partial charge in [0.05, 0.1) is 19.0 Å². The fourth-order valence-corrected chi connectivity index (χ4v) is 1.24. The molecule has 1 heterocycles. The second-order valence-electron chi connectivity index (χ2n) is 1.96. The van der Waals surface area contributed by atoms with Gasteiger partial charge >= 0.3 is 0 Å². The van der Waals surface area contributed by atoms with Crippen molar-refractivity contribution in [2.75, 3.05) is 17.8 Å². The summed E-state index contributed by atoms with van der Waals surface area (Å²) >= 11 is 1.43. The Bertz CT molecular complexity index is 245. The summed E-state index contributed by atoms with van der Waals surface area (Å²) in [5.74, 6) is 6.28. The van der Waals surface area contributed by atoms with Gasteiger partial charge in [0.25, 0.3) is 0 Å². The van der Waals surface area contributed by atoms with E-state index in [0.717, 1.165) is 5.03 Å². The van der Waals surface area contributed by atoms with Gasteiger partial charge in [0.15, 0.2) is 5.82 Å². The van der Waals surface area contributed by atoms with E-state index >= 15 is 0 Å². The third-order valence-electron chi connectivity index (χ3n) is 1.10. The molecule has 0 saturated carbocycles. The molecule has 12 heavy (non-hydrogen) atoms. The molecule has 0 radical (unpaired) electrons. The van der Waals surface area contributed by atoms with Crippen LogP contribution < -0.4 is 11.3 Å². The fraction of sp³-hybridized carbons (Fsp3) is 0.333. The molecule has 0 aliphatic heterocycles. The predicted octanol–water partition coefficient (Wildman–Crippen LogP) is -0.153. The molecule has 0 aliphatic carbocycles. The van der Waals surface area contributed by atoms with E-state index < -0.39 is 0 Å².